The third kappa shape index (κ3) is 4.81. The lowest BCUT2D eigenvalue weighted by Gasteiger charge is -2.20. The van der Waals surface area contributed by atoms with Crippen LogP contribution in [-0.4, -0.2) is 23.3 Å². The summed E-state index contributed by atoms with van der Waals surface area (Å²) in [4.78, 5) is 18.6. The molecule has 0 amide bonds. The highest BCUT2D eigenvalue weighted by atomic mass is 32.2. The first-order valence-electron chi connectivity index (χ1n) is 10.4. The van der Waals surface area contributed by atoms with E-state index in [4.69, 9.17) is 9.47 Å². The summed E-state index contributed by atoms with van der Waals surface area (Å²) < 4.78 is 13.0. The maximum atomic E-state index is 13.3. The van der Waals surface area contributed by atoms with E-state index in [-0.39, 0.29) is 11.0 Å². The largest absolute Gasteiger partial charge is 0.493 e. The van der Waals surface area contributed by atoms with E-state index in [1.807, 2.05) is 42.5 Å². The zero-order chi connectivity index (χ0) is 22.7. The number of nitrogens with zero attached hydrogens (tertiary/aromatic N) is 2. The van der Waals surface area contributed by atoms with Gasteiger partial charge >= 0.3 is 0 Å². The lowest BCUT2D eigenvalue weighted by atomic mass is 9.99. The Bertz CT molecular complexity index is 1300. The molecule has 0 N–H and O–H groups in total. The molecule has 3 aromatic carbocycles. The van der Waals surface area contributed by atoms with Crippen molar-refractivity contribution in [3.05, 3.63) is 83.4 Å². The summed E-state index contributed by atoms with van der Waals surface area (Å²) in [5.41, 5.74) is 0.535. The first-order chi connectivity index (χ1) is 15.4. The molecule has 4 rings (SSSR count). The number of fused-ring (bicyclic) bond motifs is 1. The lowest BCUT2D eigenvalue weighted by molar-refractivity contribution is 0.191. The molecule has 0 bridgehead atoms. The van der Waals surface area contributed by atoms with Gasteiger partial charge in [0.2, 0.25) is 0 Å². The lowest BCUT2D eigenvalue weighted by Crippen LogP contribution is -2.20. The molecule has 0 saturated carbocycles. The van der Waals surface area contributed by atoms with E-state index in [0.717, 1.165) is 15.7 Å². The fourth-order valence-corrected chi connectivity index (χ4v) is 4.23. The molecule has 1 aromatic heterocycles. The third-order valence-electron chi connectivity index (χ3n) is 4.85. The van der Waals surface area contributed by atoms with Crippen molar-refractivity contribution in [3.8, 4) is 17.2 Å². The van der Waals surface area contributed by atoms with E-state index in [2.05, 4.69) is 44.0 Å². The first-order valence-corrected chi connectivity index (χ1v) is 11.2. The summed E-state index contributed by atoms with van der Waals surface area (Å²) in [5.74, 6) is 1.23. The van der Waals surface area contributed by atoms with Crippen molar-refractivity contribution in [1.29, 1.82) is 0 Å². The van der Waals surface area contributed by atoms with Gasteiger partial charge in [-0.2, -0.15) is 0 Å². The fourth-order valence-electron chi connectivity index (χ4n) is 3.28. The quantitative estimate of drug-likeness (QED) is 0.365. The average Bonchev–Trinajstić information content (AvgIpc) is 2.79. The van der Waals surface area contributed by atoms with Crippen molar-refractivity contribution in [3.63, 3.8) is 0 Å². The van der Waals surface area contributed by atoms with Gasteiger partial charge < -0.3 is 9.47 Å². The highest BCUT2D eigenvalue weighted by Gasteiger charge is 2.15. The van der Waals surface area contributed by atoms with Crippen LogP contribution in [0.4, 0.5) is 0 Å². The van der Waals surface area contributed by atoms with Crippen molar-refractivity contribution < 1.29 is 9.47 Å². The zero-order valence-electron chi connectivity index (χ0n) is 18.7. The summed E-state index contributed by atoms with van der Waals surface area (Å²) in [6.07, 6.45) is 3.31. The summed E-state index contributed by atoms with van der Waals surface area (Å²) in [7, 11) is 1.60. The molecule has 0 fully saturated rings. The van der Waals surface area contributed by atoms with Crippen molar-refractivity contribution >= 4 is 22.5 Å². The number of rotatable bonds is 6. The van der Waals surface area contributed by atoms with Crippen LogP contribution in [0.5, 0.6) is 11.5 Å². The molecule has 0 radical (unpaired) electrons. The normalized spacial score (nSPS) is 11.5. The minimum Gasteiger partial charge on any atom is -0.493 e. The monoisotopic (exact) mass is 446 g/mol. The Labute approximate surface area is 192 Å². The van der Waals surface area contributed by atoms with Crippen LogP contribution >= 0.6 is 11.8 Å². The van der Waals surface area contributed by atoms with Crippen LogP contribution in [0, 0.1) is 5.41 Å². The average molecular weight is 447 g/mol. The number of aromatic nitrogens is 2. The van der Waals surface area contributed by atoms with Gasteiger partial charge in [-0.25, -0.2) is 4.98 Å². The van der Waals surface area contributed by atoms with Gasteiger partial charge in [0.15, 0.2) is 16.5 Å². The van der Waals surface area contributed by atoms with Gasteiger partial charge in [-0.15, -0.1) is 0 Å². The molecule has 0 aliphatic rings. The molecule has 32 heavy (non-hydrogen) atoms. The van der Waals surface area contributed by atoms with E-state index in [1.54, 1.807) is 24.1 Å². The molecular weight excluding hydrogens is 420 g/mol. The summed E-state index contributed by atoms with van der Waals surface area (Å²) in [6, 6.07) is 19.7. The number of hydrogen-bond acceptors (Lipinski definition) is 5. The summed E-state index contributed by atoms with van der Waals surface area (Å²) >= 11 is 1.38. The minimum atomic E-state index is -0.184. The molecule has 0 aliphatic heterocycles. The summed E-state index contributed by atoms with van der Waals surface area (Å²) in [5, 5.41) is 2.64. The SMILES string of the molecule is COc1cc(-n2ccnc(Sc3cccc4ccccc34)c2=O)ccc1OCC(C)(C)C. The van der Waals surface area contributed by atoms with Gasteiger partial charge in [0, 0.05) is 23.4 Å². The van der Waals surface area contributed by atoms with E-state index in [1.165, 1.54) is 11.8 Å². The minimum absolute atomic E-state index is 0.0272. The predicted octanol–water partition coefficient (Wildman–Crippen LogP) is 5.97. The number of methoxy groups -OCH3 is 1. The van der Waals surface area contributed by atoms with Crippen LogP contribution in [0.25, 0.3) is 16.5 Å². The summed E-state index contributed by atoms with van der Waals surface area (Å²) in [6.45, 7) is 6.89. The standard InChI is InChI=1S/C26H26N2O3S/c1-26(2,3)17-31-21-13-12-19(16-22(21)30-4)28-15-14-27-24(25(28)29)32-23-11-7-9-18-8-5-6-10-20(18)23/h5-16H,17H2,1-4H3. The van der Waals surface area contributed by atoms with Gasteiger partial charge in [-0.3, -0.25) is 9.36 Å². The van der Waals surface area contributed by atoms with Crippen molar-refractivity contribution in [2.45, 2.75) is 30.7 Å². The molecular formula is C26H26N2O3S. The number of hydrogen-bond donors (Lipinski definition) is 0. The van der Waals surface area contributed by atoms with Crippen LogP contribution in [0.2, 0.25) is 0 Å². The molecule has 1 heterocycles. The molecule has 0 unspecified atom stereocenters. The maximum absolute atomic E-state index is 13.3. The molecule has 0 aliphatic carbocycles. The van der Waals surface area contributed by atoms with Gasteiger partial charge in [-0.1, -0.05) is 68.9 Å². The second-order valence-electron chi connectivity index (χ2n) is 8.67. The van der Waals surface area contributed by atoms with Crippen LogP contribution in [0.15, 0.2) is 87.8 Å². The Morgan fingerprint density at radius 2 is 1.78 bits per heavy atom. The van der Waals surface area contributed by atoms with Crippen LogP contribution in [0.1, 0.15) is 20.8 Å². The topological polar surface area (TPSA) is 53.4 Å². The van der Waals surface area contributed by atoms with E-state index in [9.17, 15) is 4.79 Å². The highest BCUT2D eigenvalue weighted by Crippen LogP contribution is 2.32. The second-order valence-corrected chi connectivity index (χ2v) is 9.70. The Morgan fingerprint density at radius 3 is 2.56 bits per heavy atom. The first kappa shape index (κ1) is 22.0. The Balaban J connectivity index is 1.67. The van der Waals surface area contributed by atoms with Gasteiger partial charge in [0.25, 0.3) is 5.56 Å². The number of benzene rings is 3. The molecule has 0 saturated heterocycles. The molecule has 5 nitrogen and oxygen atoms in total. The van der Waals surface area contributed by atoms with E-state index in [0.29, 0.717) is 28.8 Å². The molecule has 0 atom stereocenters. The molecule has 4 aromatic rings. The fraction of sp³-hybridized carbons (Fsp3) is 0.231. The second kappa shape index (κ2) is 9.09. The molecule has 0 spiro atoms. The van der Waals surface area contributed by atoms with E-state index < -0.39 is 0 Å². The Morgan fingerprint density at radius 1 is 1.00 bits per heavy atom. The van der Waals surface area contributed by atoms with Crippen LogP contribution < -0.4 is 15.0 Å². The third-order valence-corrected chi connectivity index (χ3v) is 5.90. The van der Waals surface area contributed by atoms with Crippen molar-refractivity contribution in [1.82, 2.24) is 9.55 Å². The smallest absolute Gasteiger partial charge is 0.287 e. The zero-order valence-corrected chi connectivity index (χ0v) is 19.5. The Kier molecular flexibility index (Phi) is 6.24. The van der Waals surface area contributed by atoms with Gasteiger partial charge in [0.05, 0.1) is 19.4 Å². The number of ether oxygens (including phenoxy) is 2. The van der Waals surface area contributed by atoms with E-state index >= 15 is 0 Å². The maximum Gasteiger partial charge on any atom is 0.287 e. The highest BCUT2D eigenvalue weighted by molar-refractivity contribution is 7.99. The Hall–Kier alpha value is -3.25. The van der Waals surface area contributed by atoms with Crippen LogP contribution in [-0.2, 0) is 0 Å². The van der Waals surface area contributed by atoms with Crippen LogP contribution in [0.3, 0.4) is 0 Å². The van der Waals surface area contributed by atoms with Gasteiger partial charge in [0.1, 0.15) is 0 Å². The molecule has 6 heteroatoms. The molecule has 164 valence electrons. The van der Waals surface area contributed by atoms with Gasteiger partial charge in [-0.05, 0) is 34.4 Å². The van der Waals surface area contributed by atoms with Crippen molar-refractivity contribution in [2.75, 3.05) is 13.7 Å². The predicted molar refractivity (Wildman–Crippen MR) is 129 cm³/mol. The van der Waals surface area contributed by atoms with Crippen molar-refractivity contribution in [2.24, 2.45) is 5.41 Å².